The lowest BCUT2D eigenvalue weighted by Crippen LogP contribution is -2.32. The van der Waals surface area contributed by atoms with Crippen molar-refractivity contribution < 1.29 is 33.2 Å². The van der Waals surface area contributed by atoms with Crippen molar-refractivity contribution in [2.75, 3.05) is 46.6 Å². The van der Waals surface area contributed by atoms with Crippen LogP contribution in [0.2, 0.25) is 0 Å². The van der Waals surface area contributed by atoms with Crippen molar-refractivity contribution in [3.63, 3.8) is 0 Å². The zero-order valence-electron chi connectivity index (χ0n) is 15.9. The first kappa shape index (κ1) is 19.3. The van der Waals surface area contributed by atoms with Crippen molar-refractivity contribution in [1.29, 1.82) is 0 Å². The highest BCUT2D eigenvalue weighted by Gasteiger charge is 2.15. The second kappa shape index (κ2) is 8.94. The summed E-state index contributed by atoms with van der Waals surface area (Å²) in [6.45, 7) is 0.814. The Hall–Kier alpha value is -3.49. The van der Waals surface area contributed by atoms with Gasteiger partial charge in [-0.25, -0.2) is 4.79 Å². The fourth-order valence-electron chi connectivity index (χ4n) is 2.63. The Bertz CT molecular complexity index is 816. The minimum Gasteiger partial charge on any atom is -0.493 e. The van der Waals surface area contributed by atoms with Gasteiger partial charge in [-0.1, -0.05) is 0 Å². The molecule has 0 aliphatic carbocycles. The summed E-state index contributed by atoms with van der Waals surface area (Å²) in [5, 5.41) is 5.43. The molecule has 3 rings (SSSR count). The zero-order chi connectivity index (χ0) is 19.9. The van der Waals surface area contributed by atoms with E-state index in [1.54, 1.807) is 30.3 Å². The van der Waals surface area contributed by atoms with Crippen molar-refractivity contribution in [2.45, 2.75) is 0 Å². The fourth-order valence-corrected chi connectivity index (χ4v) is 2.63. The van der Waals surface area contributed by atoms with E-state index in [9.17, 15) is 4.79 Å². The molecule has 2 aromatic rings. The van der Waals surface area contributed by atoms with Crippen LogP contribution in [0.4, 0.5) is 10.5 Å². The fraction of sp³-hybridized carbons (Fsp3) is 0.316. The number of hydrogen-bond acceptors (Lipinski definition) is 7. The van der Waals surface area contributed by atoms with Crippen LogP contribution in [0.15, 0.2) is 30.3 Å². The normalized spacial score (nSPS) is 11.5. The van der Waals surface area contributed by atoms with E-state index in [1.807, 2.05) is 0 Å². The van der Waals surface area contributed by atoms with Crippen LogP contribution in [0.25, 0.3) is 0 Å². The Kier molecular flexibility index (Phi) is 6.15. The maximum absolute atomic E-state index is 12.1. The molecule has 0 saturated heterocycles. The van der Waals surface area contributed by atoms with E-state index in [-0.39, 0.29) is 12.8 Å². The lowest BCUT2D eigenvalue weighted by atomic mass is 10.2. The summed E-state index contributed by atoms with van der Waals surface area (Å²) in [4.78, 5) is 12.1. The quantitative estimate of drug-likeness (QED) is 0.669. The number of methoxy groups -OCH3 is 3. The van der Waals surface area contributed by atoms with E-state index in [4.69, 9.17) is 28.4 Å². The van der Waals surface area contributed by atoms with Crippen LogP contribution in [0.5, 0.6) is 34.5 Å². The monoisotopic (exact) mass is 390 g/mol. The van der Waals surface area contributed by atoms with Gasteiger partial charge in [0.2, 0.25) is 12.5 Å². The van der Waals surface area contributed by atoms with Crippen molar-refractivity contribution in [2.24, 2.45) is 0 Å². The smallest absolute Gasteiger partial charge is 0.319 e. The Balaban J connectivity index is 1.49. The van der Waals surface area contributed by atoms with E-state index >= 15 is 0 Å². The summed E-state index contributed by atoms with van der Waals surface area (Å²) in [5.41, 5.74) is 0.503. The molecule has 1 heterocycles. The molecule has 9 nitrogen and oxygen atoms in total. The van der Waals surface area contributed by atoms with Crippen molar-refractivity contribution >= 4 is 11.7 Å². The SMILES string of the molecule is COc1cc(NC(=O)NCCOc2ccc3c(c2)OCO3)cc(OC)c1OC. The number of urea groups is 1. The van der Waals surface area contributed by atoms with E-state index in [1.165, 1.54) is 21.3 Å². The molecule has 0 atom stereocenters. The average Bonchev–Trinajstić information content (AvgIpc) is 3.18. The van der Waals surface area contributed by atoms with Gasteiger partial charge in [-0.2, -0.15) is 0 Å². The number of fused-ring (bicyclic) bond motifs is 1. The van der Waals surface area contributed by atoms with E-state index in [2.05, 4.69) is 10.6 Å². The summed E-state index contributed by atoms with van der Waals surface area (Å²) < 4.78 is 31.9. The molecule has 0 aromatic heterocycles. The summed E-state index contributed by atoms with van der Waals surface area (Å²) in [7, 11) is 4.53. The first-order chi connectivity index (χ1) is 13.6. The van der Waals surface area contributed by atoms with E-state index in [0.29, 0.717) is 53.3 Å². The lowest BCUT2D eigenvalue weighted by Gasteiger charge is -2.15. The highest BCUT2D eigenvalue weighted by Crippen LogP contribution is 2.40. The molecule has 2 aromatic carbocycles. The first-order valence-corrected chi connectivity index (χ1v) is 8.52. The van der Waals surface area contributed by atoms with Gasteiger partial charge in [0, 0.05) is 18.2 Å². The maximum Gasteiger partial charge on any atom is 0.319 e. The molecule has 0 unspecified atom stereocenters. The molecule has 0 radical (unpaired) electrons. The number of nitrogens with one attached hydrogen (secondary N) is 2. The number of ether oxygens (including phenoxy) is 6. The molecule has 150 valence electrons. The number of anilines is 1. The van der Waals surface area contributed by atoms with Crippen LogP contribution >= 0.6 is 0 Å². The molecule has 1 aliphatic rings. The largest absolute Gasteiger partial charge is 0.493 e. The summed E-state index contributed by atoms with van der Waals surface area (Å²) in [6.07, 6.45) is 0. The highest BCUT2D eigenvalue weighted by atomic mass is 16.7. The van der Waals surface area contributed by atoms with Gasteiger partial charge in [-0.15, -0.1) is 0 Å². The third-order valence-corrected chi connectivity index (χ3v) is 3.92. The van der Waals surface area contributed by atoms with Crippen LogP contribution in [0, 0.1) is 0 Å². The molecule has 9 heteroatoms. The molecule has 0 bridgehead atoms. The second-order valence-corrected chi connectivity index (χ2v) is 5.66. The number of rotatable bonds is 8. The molecule has 1 aliphatic heterocycles. The number of benzene rings is 2. The standard InChI is InChI=1S/C19H22N2O7/c1-23-16-8-12(9-17(24-2)18(16)25-3)21-19(22)20-6-7-26-13-4-5-14-15(10-13)28-11-27-14/h4-5,8-10H,6-7,11H2,1-3H3,(H2,20,21,22). The molecular formula is C19H22N2O7. The van der Waals surface area contributed by atoms with Gasteiger partial charge >= 0.3 is 6.03 Å². The Morgan fingerprint density at radius 2 is 1.71 bits per heavy atom. The van der Waals surface area contributed by atoms with Crippen LogP contribution in [0.1, 0.15) is 0 Å². The van der Waals surface area contributed by atoms with Crippen molar-refractivity contribution in [3.05, 3.63) is 30.3 Å². The summed E-state index contributed by atoms with van der Waals surface area (Å²) in [6, 6.07) is 8.21. The number of carbonyl (C=O) groups excluding carboxylic acids is 1. The minimum absolute atomic E-state index is 0.210. The van der Waals surface area contributed by atoms with Gasteiger partial charge in [0.25, 0.3) is 0 Å². The number of hydrogen-bond donors (Lipinski definition) is 2. The predicted octanol–water partition coefficient (Wildman–Crippen LogP) is 2.64. The van der Waals surface area contributed by atoms with Crippen LogP contribution in [0.3, 0.4) is 0 Å². The highest BCUT2D eigenvalue weighted by molar-refractivity contribution is 5.90. The topological polar surface area (TPSA) is 96.5 Å². The van der Waals surface area contributed by atoms with E-state index in [0.717, 1.165) is 0 Å². The van der Waals surface area contributed by atoms with Crippen molar-refractivity contribution in [1.82, 2.24) is 5.32 Å². The molecule has 0 spiro atoms. The van der Waals surface area contributed by atoms with Gasteiger partial charge in [0.1, 0.15) is 12.4 Å². The van der Waals surface area contributed by atoms with Crippen molar-refractivity contribution in [3.8, 4) is 34.5 Å². The average molecular weight is 390 g/mol. The summed E-state index contributed by atoms with van der Waals surface area (Å²) in [5.74, 6) is 3.32. The van der Waals surface area contributed by atoms with Gasteiger partial charge in [-0.05, 0) is 12.1 Å². The molecule has 2 N–H and O–H groups in total. The van der Waals surface area contributed by atoms with E-state index < -0.39 is 0 Å². The zero-order valence-corrected chi connectivity index (χ0v) is 15.9. The molecular weight excluding hydrogens is 368 g/mol. The van der Waals surface area contributed by atoms with Gasteiger partial charge in [-0.3, -0.25) is 0 Å². The molecule has 2 amide bonds. The molecule has 0 fully saturated rings. The molecule has 28 heavy (non-hydrogen) atoms. The third-order valence-electron chi connectivity index (χ3n) is 3.92. The summed E-state index contributed by atoms with van der Waals surface area (Å²) >= 11 is 0. The maximum atomic E-state index is 12.1. The van der Waals surface area contributed by atoms with Gasteiger partial charge in [0.15, 0.2) is 23.0 Å². The van der Waals surface area contributed by atoms with Crippen LogP contribution < -0.4 is 39.1 Å². The number of amides is 2. The number of carbonyl (C=O) groups is 1. The Labute approximate surface area is 162 Å². The Morgan fingerprint density at radius 3 is 2.39 bits per heavy atom. The van der Waals surface area contributed by atoms with Crippen LogP contribution in [-0.4, -0.2) is 47.3 Å². The first-order valence-electron chi connectivity index (χ1n) is 8.52. The lowest BCUT2D eigenvalue weighted by molar-refractivity contribution is 0.173. The Morgan fingerprint density at radius 1 is 1.00 bits per heavy atom. The molecule has 0 saturated carbocycles. The van der Waals surface area contributed by atoms with Gasteiger partial charge in [0.05, 0.1) is 33.6 Å². The second-order valence-electron chi connectivity index (χ2n) is 5.66. The minimum atomic E-state index is -0.386. The van der Waals surface area contributed by atoms with Gasteiger partial charge < -0.3 is 39.1 Å². The van der Waals surface area contributed by atoms with Crippen LogP contribution in [-0.2, 0) is 0 Å². The predicted molar refractivity (Wildman–Crippen MR) is 101 cm³/mol. The third kappa shape index (κ3) is 4.43.